The van der Waals surface area contributed by atoms with Crippen molar-refractivity contribution in [3.63, 3.8) is 0 Å². The van der Waals surface area contributed by atoms with E-state index in [0.29, 0.717) is 0 Å². The maximum Gasteiger partial charge on any atom is 0.471 e. The molecule has 0 amide bonds. The van der Waals surface area contributed by atoms with Gasteiger partial charge in [-0.05, 0) is 39.3 Å². The number of hydrogen-bond acceptors (Lipinski definition) is 5. The van der Waals surface area contributed by atoms with E-state index in [1.165, 1.54) is 0 Å². The fraction of sp³-hybridized carbons (Fsp3) is 1.00. The first-order valence-corrected chi connectivity index (χ1v) is 14.7. The summed E-state index contributed by atoms with van der Waals surface area (Å²) in [5, 5.41) is 0. The van der Waals surface area contributed by atoms with Gasteiger partial charge in [-0.2, -0.15) is 4.31 Å². The van der Waals surface area contributed by atoms with Crippen LogP contribution in [0.2, 0.25) is 39.3 Å². The van der Waals surface area contributed by atoms with E-state index >= 15 is 0 Å². The van der Waals surface area contributed by atoms with Crippen LogP contribution in [0.5, 0.6) is 0 Å². The molecule has 0 aliphatic carbocycles. The molecule has 17 heavy (non-hydrogen) atoms. The lowest BCUT2D eigenvalue weighted by Gasteiger charge is -2.25. The molecule has 11 heteroatoms. The highest BCUT2D eigenvalue weighted by atomic mass is 31.3. The molecule has 0 aliphatic heterocycles. The Morgan fingerprint density at radius 3 is 1.18 bits per heavy atom. The zero-order valence-corrected chi connectivity index (χ0v) is 14.6. The Morgan fingerprint density at radius 1 is 0.765 bits per heavy atom. The minimum Gasteiger partial charge on any atom is -0.330 e. The van der Waals surface area contributed by atoms with Gasteiger partial charge in [0, 0.05) is 0 Å². The molecule has 2 atom stereocenters. The Kier molecular flexibility index (Phi) is 5.58. The van der Waals surface area contributed by atoms with E-state index in [-0.39, 0.29) is 0 Å². The van der Waals surface area contributed by atoms with Crippen molar-refractivity contribution in [2.24, 2.45) is 0 Å². The van der Waals surface area contributed by atoms with Crippen molar-refractivity contribution in [3.05, 3.63) is 0 Å². The predicted molar refractivity (Wildman–Crippen MR) is 69.6 cm³/mol. The summed E-state index contributed by atoms with van der Waals surface area (Å²) in [6, 6.07) is 0. The second-order valence-corrected chi connectivity index (χ2v) is 17.9. The first-order valence-electron chi connectivity index (χ1n) is 4.90. The fourth-order valence-corrected chi connectivity index (χ4v) is 8.30. The van der Waals surface area contributed by atoms with Gasteiger partial charge < -0.3 is 18.2 Å². The summed E-state index contributed by atoms with van der Waals surface area (Å²) < 4.78 is 36.8. The van der Waals surface area contributed by atoms with Crippen molar-refractivity contribution < 1.29 is 31.7 Å². The zero-order chi connectivity index (χ0) is 14.1. The van der Waals surface area contributed by atoms with Crippen LogP contribution < -0.4 is 0 Å². The summed E-state index contributed by atoms with van der Waals surface area (Å²) >= 11 is 0. The molecule has 0 spiro atoms. The first kappa shape index (κ1) is 17.7. The minimum atomic E-state index is -4.58. The van der Waals surface area contributed by atoms with E-state index in [1.807, 2.05) is 0 Å². The molecule has 0 radical (unpaired) electrons. The number of rotatable bonds is 6. The highest BCUT2D eigenvalue weighted by Gasteiger charge is 2.41. The number of phosphoric acid groups is 2. The molecule has 2 N–H and O–H groups in total. The monoisotopic (exact) mass is 322 g/mol. The third-order valence-electron chi connectivity index (χ3n) is 0.985. The fourth-order valence-electron chi connectivity index (χ4n) is 0.856. The zero-order valence-electron chi connectivity index (χ0n) is 10.8. The van der Waals surface area contributed by atoms with Crippen LogP contribution in [0.1, 0.15) is 0 Å². The van der Waals surface area contributed by atoms with Crippen molar-refractivity contribution in [2.75, 3.05) is 0 Å². The van der Waals surface area contributed by atoms with Crippen molar-refractivity contribution in [1.82, 2.24) is 0 Å². The van der Waals surface area contributed by atoms with Gasteiger partial charge in [-0.1, -0.05) is 0 Å². The van der Waals surface area contributed by atoms with Gasteiger partial charge in [0.2, 0.25) is 0 Å². The van der Waals surface area contributed by atoms with Crippen LogP contribution in [0, 0.1) is 0 Å². The summed E-state index contributed by atoms with van der Waals surface area (Å²) in [6.07, 6.45) is 0. The Morgan fingerprint density at radius 2 is 1.00 bits per heavy atom. The standard InChI is InChI=1S/C6H20O7P2Si2/c1-16(2,3)12-14(7,8)11-15(9,10)13-17(4,5)6/h1-6H3,(H,7,8)(H,9,10). The van der Waals surface area contributed by atoms with Crippen LogP contribution in [-0.4, -0.2) is 26.4 Å². The van der Waals surface area contributed by atoms with E-state index in [9.17, 15) is 18.9 Å². The third kappa shape index (κ3) is 10.3. The van der Waals surface area contributed by atoms with Crippen LogP contribution in [-0.2, 0) is 21.9 Å². The molecule has 104 valence electrons. The average molecular weight is 322 g/mol. The molecule has 0 aromatic rings. The van der Waals surface area contributed by atoms with E-state index < -0.39 is 32.3 Å². The molecule has 0 heterocycles. The van der Waals surface area contributed by atoms with Gasteiger partial charge in [0.15, 0.2) is 16.6 Å². The van der Waals surface area contributed by atoms with Gasteiger partial charge in [-0.15, -0.1) is 0 Å². The average Bonchev–Trinajstić information content (AvgIpc) is 1.65. The van der Waals surface area contributed by atoms with Crippen LogP contribution in [0.3, 0.4) is 0 Å². The predicted octanol–water partition coefficient (Wildman–Crippen LogP) is 2.91. The molecule has 7 nitrogen and oxygen atoms in total. The van der Waals surface area contributed by atoms with Crippen molar-refractivity contribution >= 4 is 32.3 Å². The summed E-state index contributed by atoms with van der Waals surface area (Å²) in [7, 11) is -13.9. The first-order chi connectivity index (χ1) is 7.12. The highest BCUT2D eigenvalue weighted by Crippen LogP contribution is 2.62. The summed E-state index contributed by atoms with van der Waals surface area (Å²) in [5.74, 6) is 0. The maximum absolute atomic E-state index is 11.5. The largest absolute Gasteiger partial charge is 0.471 e. The number of hydrogen-bond donors (Lipinski definition) is 2. The SMILES string of the molecule is C[Si](C)(C)OP(=O)(O)OP(=O)(O)O[Si](C)(C)C. The van der Waals surface area contributed by atoms with Gasteiger partial charge >= 0.3 is 15.6 Å². The van der Waals surface area contributed by atoms with Crippen molar-refractivity contribution in [2.45, 2.75) is 39.3 Å². The van der Waals surface area contributed by atoms with Crippen molar-refractivity contribution in [3.8, 4) is 0 Å². The topological polar surface area (TPSA) is 102 Å². The Labute approximate surface area is 104 Å². The second-order valence-electron chi connectivity index (χ2n) is 5.43. The van der Waals surface area contributed by atoms with Gasteiger partial charge in [0.25, 0.3) is 0 Å². The smallest absolute Gasteiger partial charge is 0.330 e. The molecule has 0 bridgehead atoms. The van der Waals surface area contributed by atoms with Crippen LogP contribution in [0.25, 0.3) is 0 Å². The summed E-state index contributed by atoms with van der Waals surface area (Å²) in [4.78, 5) is 18.7. The van der Waals surface area contributed by atoms with E-state index in [4.69, 9.17) is 8.43 Å². The lowest BCUT2D eigenvalue weighted by molar-refractivity contribution is 0.232. The lowest BCUT2D eigenvalue weighted by Crippen LogP contribution is -2.26. The molecule has 0 saturated carbocycles. The van der Waals surface area contributed by atoms with E-state index in [2.05, 4.69) is 4.31 Å². The molecular weight excluding hydrogens is 302 g/mol. The summed E-state index contributed by atoms with van der Waals surface area (Å²) in [5.41, 5.74) is 0. The second kappa shape index (κ2) is 5.36. The minimum absolute atomic E-state index is 1.65. The molecule has 0 fully saturated rings. The summed E-state index contributed by atoms with van der Waals surface area (Å²) in [6.45, 7) is 9.92. The molecule has 0 saturated heterocycles. The third-order valence-corrected chi connectivity index (χ3v) is 8.86. The van der Waals surface area contributed by atoms with E-state index in [0.717, 1.165) is 0 Å². The Hall–Kier alpha value is 0.694. The quantitative estimate of drug-likeness (QED) is 0.572. The van der Waals surface area contributed by atoms with Gasteiger partial charge in [-0.3, -0.25) is 0 Å². The van der Waals surface area contributed by atoms with Crippen LogP contribution >= 0.6 is 15.6 Å². The van der Waals surface area contributed by atoms with Gasteiger partial charge in [0.05, 0.1) is 0 Å². The molecule has 0 rings (SSSR count). The Balaban J connectivity index is 4.72. The van der Waals surface area contributed by atoms with Crippen molar-refractivity contribution in [1.29, 1.82) is 0 Å². The molecule has 0 aliphatic rings. The van der Waals surface area contributed by atoms with Gasteiger partial charge in [-0.25, -0.2) is 9.13 Å². The highest BCUT2D eigenvalue weighted by molar-refractivity contribution is 7.62. The van der Waals surface area contributed by atoms with Crippen LogP contribution in [0.4, 0.5) is 0 Å². The maximum atomic E-state index is 11.5. The molecule has 0 aromatic carbocycles. The Bertz CT molecular complexity index is 324. The van der Waals surface area contributed by atoms with Crippen LogP contribution in [0.15, 0.2) is 0 Å². The molecule has 0 aromatic heterocycles. The molecular formula is C6H20O7P2Si2. The normalized spacial score (nSPS) is 20.7. The van der Waals surface area contributed by atoms with E-state index in [1.54, 1.807) is 39.3 Å². The lowest BCUT2D eigenvalue weighted by atomic mass is 11.8. The molecule has 2 unspecified atom stereocenters. The van der Waals surface area contributed by atoms with Gasteiger partial charge in [0.1, 0.15) is 0 Å².